The Morgan fingerprint density at radius 1 is 0.553 bits per heavy atom. The molecule has 4 atom stereocenters. The topological polar surface area (TPSA) is 101 Å². The van der Waals surface area contributed by atoms with Gasteiger partial charge in [-0.05, 0) is 52.5 Å². The van der Waals surface area contributed by atoms with Crippen LogP contribution in [-0.4, -0.2) is 121 Å². The van der Waals surface area contributed by atoms with Gasteiger partial charge in [-0.2, -0.15) is 0 Å². The lowest BCUT2D eigenvalue weighted by Gasteiger charge is -2.24. The molecule has 228 valence electrons. The molecule has 0 saturated heterocycles. The van der Waals surface area contributed by atoms with E-state index in [0.29, 0.717) is 6.42 Å². The number of hydrogen-bond donors (Lipinski definition) is 7. The van der Waals surface area contributed by atoms with Gasteiger partial charge in [0.1, 0.15) is 0 Å². The van der Waals surface area contributed by atoms with Crippen molar-refractivity contribution in [2.24, 2.45) is 0 Å². The van der Waals surface area contributed by atoms with E-state index in [2.05, 4.69) is 64.7 Å². The number of amides is 1. The van der Waals surface area contributed by atoms with Crippen LogP contribution in [0.1, 0.15) is 40.0 Å². The molecule has 0 aromatic rings. The quantitative estimate of drug-likeness (QED) is 0.0645. The Morgan fingerprint density at radius 2 is 1.03 bits per heavy atom. The molecule has 0 spiro atoms. The first-order valence-corrected chi connectivity index (χ1v) is 24.1. The minimum Gasteiger partial charge on any atom is -0.352 e. The van der Waals surface area contributed by atoms with Gasteiger partial charge in [-0.15, -0.1) is 0 Å². The summed E-state index contributed by atoms with van der Waals surface area (Å²) in [5.74, 6) is 0.210. The molecule has 0 fully saturated rings. The number of hydrogen-bond acceptors (Lipinski definition) is 7. The zero-order valence-electron chi connectivity index (χ0n) is 25.7. The number of nitrogens with one attached hydrogen (secondary N) is 7. The molecule has 0 aromatic heterocycles. The van der Waals surface area contributed by atoms with Crippen LogP contribution in [0.3, 0.4) is 0 Å². The first kappa shape index (κ1) is 39.4. The fourth-order valence-corrected chi connectivity index (χ4v) is 12.8. The van der Waals surface area contributed by atoms with Crippen molar-refractivity contribution in [3.8, 4) is 0 Å². The molecule has 13 heteroatoms. The normalized spacial score (nSPS) is 14.9. The molecule has 7 N–H and O–H groups in total. The number of carbonyl (C=O) groups is 1. The van der Waals surface area contributed by atoms with Crippen molar-refractivity contribution in [1.29, 1.82) is 0 Å². The summed E-state index contributed by atoms with van der Waals surface area (Å²) in [5.41, 5.74) is 0. The number of rotatable bonds is 28. The Labute approximate surface area is 242 Å². The van der Waals surface area contributed by atoms with Crippen molar-refractivity contribution >= 4 is 45.5 Å². The largest absolute Gasteiger partial charge is 0.352 e. The standard InChI is InChI=1S/C25H62N7OP5/c1-8-12-35(10-3)19-30-21-36(13-9-2)22-31-23-37(20-29-18-34(7)15-26-4)14-11-25(33)32-24-38(16-27-5)17-28-6/h26-31H,8-24H2,1-7H3,(H,32,33). The van der Waals surface area contributed by atoms with Crippen molar-refractivity contribution in [3.05, 3.63) is 0 Å². The van der Waals surface area contributed by atoms with Crippen molar-refractivity contribution < 1.29 is 4.79 Å². The summed E-state index contributed by atoms with van der Waals surface area (Å²) >= 11 is 0. The van der Waals surface area contributed by atoms with Gasteiger partial charge in [-0.3, -0.25) is 4.79 Å². The zero-order chi connectivity index (χ0) is 28.4. The first-order chi connectivity index (χ1) is 18.4. The first-order valence-electron chi connectivity index (χ1n) is 14.3. The van der Waals surface area contributed by atoms with Gasteiger partial charge in [-0.25, -0.2) is 0 Å². The van der Waals surface area contributed by atoms with Crippen LogP contribution in [0.4, 0.5) is 0 Å². The van der Waals surface area contributed by atoms with E-state index in [1.165, 1.54) is 43.9 Å². The predicted molar refractivity (Wildman–Crippen MR) is 184 cm³/mol. The van der Waals surface area contributed by atoms with Gasteiger partial charge in [0.2, 0.25) is 5.91 Å². The molecule has 0 radical (unpaired) electrons. The summed E-state index contributed by atoms with van der Waals surface area (Å²) in [6.07, 6.45) is 18.8. The third kappa shape index (κ3) is 23.0. The minimum atomic E-state index is -0.263. The SMILES string of the molecule is CCCP(CC)CNCP(CCC)CNCP(CCC(=O)NCP(CNC)CNC)CNCP(C)CNC. The van der Waals surface area contributed by atoms with E-state index < -0.39 is 0 Å². The lowest BCUT2D eigenvalue weighted by molar-refractivity contribution is -0.120. The molecule has 38 heavy (non-hydrogen) atoms. The van der Waals surface area contributed by atoms with Gasteiger partial charge in [0.05, 0.1) is 0 Å². The number of carbonyl (C=O) groups excluding carboxylic acids is 1. The third-order valence-electron chi connectivity index (χ3n) is 5.93. The smallest absolute Gasteiger partial charge is 0.220 e. The molecular formula is C25H62N7OP5. The highest BCUT2D eigenvalue weighted by atomic mass is 31.1. The van der Waals surface area contributed by atoms with E-state index in [1.54, 1.807) is 0 Å². The summed E-state index contributed by atoms with van der Waals surface area (Å²) in [6.45, 7) is 9.31. The molecule has 0 aromatic carbocycles. The lowest BCUT2D eigenvalue weighted by atomic mass is 10.5. The van der Waals surface area contributed by atoms with E-state index in [1.807, 2.05) is 21.1 Å². The Hall–Kier alpha value is 1.38. The van der Waals surface area contributed by atoms with Crippen LogP contribution in [-0.2, 0) is 4.79 Å². The minimum absolute atomic E-state index is 0.0228. The maximum Gasteiger partial charge on any atom is 0.220 e. The Kier molecular flexibility index (Phi) is 29.5. The zero-order valence-corrected chi connectivity index (χ0v) is 30.1. The van der Waals surface area contributed by atoms with E-state index >= 15 is 0 Å². The van der Waals surface area contributed by atoms with Crippen LogP contribution in [0.15, 0.2) is 0 Å². The predicted octanol–water partition coefficient (Wildman–Crippen LogP) is 4.37. The molecule has 0 aliphatic rings. The lowest BCUT2D eigenvalue weighted by Crippen LogP contribution is -2.29. The van der Waals surface area contributed by atoms with Crippen LogP contribution < -0.4 is 37.2 Å². The highest BCUT2D eigenvalue weighted by Gasteiger charge is 2.15. The van der Waals surface area contributed by atoms with Crippen LogP contribution in [0.5, 0.6) is 0 Å². The summed E-state index contributed by atoms with van der Waals surface area (Å²) in [6, 6.07) is 0. The Balaban J connectivity index is 4.70. The molecule has 4 unspecified atom stereocenters. The summed E-state index contributed by atoms with van der Waals surface area (Å²) < 4.78 is 0. The van der Waals surface area contributed by atoms with Crippen molar-refractivity contribution in [2.45, 2.75) is 40.0 Å². The third-order valence-corrected chi connectivity index (χ3v) is 16.9. The van der Waals surface area contributed by atoms with Crippen molar-refractivity contribution in [3.63, 3.8) is 0 Å². The van der Waals surface area contributed by atoms with Crippen molar-refractivity contribution in [2.75, 3.05) is 115 Å². The van der Waals surface area contributed by atoms with Gasteiger partial charge in [0.25, 0.3) is 0 Å². The Bertz CT molecular complexity index is 536. The molecule has 0 rings (SSSR count). The van der Waals surface area contributed by atoms with Gasteiger partial charge < -0.3 is 37.2 Å². The van der Waals surface area contributed by atoms with E-state index in [4.69, 9.17) is 0 Å². The fraction of sp³-hybridized carbons (Fsp3) is 0.960. The van der Waals surface area contributed by atoms with Gasteiger partial charge >= 0.3 is 0 Å². The fourth-order valence-electron chi connectivity index (χ4n) is 4.03. The van der Waals surface area contributed by atoms with Crippen LogP contribution in [0, 0.1) is 0 Å². The van der Waals surface area contributed by atoms with E-state index in [0.717, 1.165) is 56.4 Å². The second-order valence-electron chi connectivity index (χ2n) is 9.77. The molecule has 1 amide bonds. The van der Waals surface area contributed by atoms with E-state index in [-0.39, 0.29) is 45.5 Å². The second kappa shape index (κ2) is 28.5. The van der Waals surface area contributed by atoms with Gasteiger partial charge in [0, 0.05) is 69.3 Å². The average molecular weight is 632 g/mol. The summed E-state index contributed by atoms with van der Waals surface area (Å²) in [5, 5.41) is 24.4. The summed E-state index contributed by atoms with van der Waals surface area (Å²) in [4.78, 5) is 12.7. The Morgan fingerprint density at radius 3 is 1.53 bits per heavy atom. The summed E-state index contributed by atoms with van der Waals surface area (Å²) in [7, 11) is 5.60. The molecule has 0 aliphatic carbocycles. The van der Waals surface area contributed by atoms with E-state index in [9.17, 15) is 4.79 Å². The maximum atomic E-state index is 12.7. The van der Waals surface area contributed by atoms with Crippen LogP contribution >= 0.6 is 39.6 Å². The molecular weight excluding hydrogens is 569 g/mol. The average Bonchev–Trinajstić information content (AvgIpc) is 2.89. The molecule has 0 aliphatic heterocycles. The molecule has 8 nitrogen and oxygen atoms in total. The monoisotopic (exact) mass is 631 g/mol. The molecule has 0 bridgehead atoms. The van der Waals surface area contributed by atoms with Crippen LogP contribution in [0.2, 0.25) is 0 Å². The molecule has 0 heterocycles. The van der Waals surface area contributed by atoms with Gasteiger partial charge in [0.15, 0.2) is 0 Å². The maximum absolute atomic E-state index is 12.7. The second-order valence-corrected chi connectivity index (χ2v) is 22.0. The highest BCUT2D eigenvalue weighted by Crippen LogP contribution is 2.39. The van der Waals surface area contributed by atoms with Crippen LogP contribution in [0.25, 0.3) is 0 Å². The highest BCUT2D eigenvalue weighted by molar-refractivity contribution is 7.59. The van der Waals surface area contributed by atoms with Gasteiger partial charge in [-0.1, -0.05) is 73.2 Å². The van der Waals surface area contributed by atoms with Crippen molar-refractivity contribution in [1.82, 2.24) is 37.2 Å². The molecule has 0 saturated carbocycles.